The molecule has 0 spiro atoms. The summed E-state index contributed by atoms with van der Waals surface area (Å²) in [5.74, 6) is -0.193. The molecule has 0 saturated carbocycles. The summed E-state index contributed by atoms with van der Waals surface area (Å²) in [5.41, 5.74) is -1.73. The number of ketones is 2. The Hall–Kier alpha value is -1.99. The van der Waals surface area contributed by atoms with E-state index in [4.69, 9.17) is 4.74 Å². The van der Waals surface area contributed by atoms with Crippen molar-refractivity contribution in [3.05, 3.63) is 25.3 Å². The second kappa shape index (κ2) is 10.7. The van der Waals surface area contributed by atoms with Crippen LogP contribution in [0.3, 0.4) is 0 Å². The molecule has 0 aliphatic carbocycles. The molecule has 7 nitrogen and oxygen atoms in total. The monoisotopic (exact) mass is 407 g/mol. The fourth-order valence-electron chi connectivity index (χ4n) is 3.80. The minimum absolute atomic E-state index is 0.0259. The Morgan fingerprint density at radius 2 is 1.86 bits per heavy atom. The molecule has 1 fully saturated rings. The number of rotatable bonds is 12. The van der Waals surface area contributed by atoms with E-state index in [-0.39, 0.29) is 43.2 Å². The zero-order chi connectivity index (χ0) is 22.2. The SMILES string of the molecule is C=CCOC(=O)N1CCC(NC(C)C)(C(=O)CNC(C)(CC=C)C(=O)C(C)C)C1. The summed E-state index contributed by atoms with van der Waals surface area (Å²) in [5, 5.41) is 6.52. The standard InChI is InChI=1S/C22H37N3O4/c1-8-10-21(7,19(27)16(3)4)23-14-18(26)22(24-17(5)6)11-12-25(15-22)20(28)29-13-9-2/h8-9,16-17,23-24H,1-2,10-15H2,3-7H3. The smallest absolute Gasteiger partial charge is 0.410 e. The molecule has 29 heavy (non-hydrogen) atoms. The molecule has 2 atom stereocenters. The molecule has 0 aromatic carbocycles. The molecule has 0 bridgehead atoms. The molecule has 1 aliphatic heterocycles. The van der Waals surface area contributed by atoms with Gasteiger partial charge in [-0.15, -0.1) is 6.58 Å². The number of nitrogens with one attached hydrogen (secondary N) is 2. The van der Waals surface area contributed by atoms with Gasteiger partial charge in [-0.2, -0.15) is 0 Å². The van der Waals surface area contributed by atoms with E-state index < -0.39 is 17.2 Å². The van der Waals surface area contributed by atoms with Gasteiger partial charge >= 0.3 is 6.09 Å². The van der Waals surface area contributed by atoms with E-state index in [0.29, 0.717) is 19.4 Å². The Morgan fingerprint density at radius 3 is 2.38 bits per heavy atom. The van der Waals surface area contributed by atoms with Crippen molar-refractivity contribution < 1.29 is 19.1 Å². The highest BCUT2D eigenvalue weighted by Gasteiger charge is 2.47. The molecule has 0 radical (unpaired) electrons. The van der Waals surface area contributed by atoms with Crippen molar-refractivity contribution in [3.63, 3.8) is 0 Å². The van der Waals surface area contributed by atoms with Crippen LogP contribution in [0.25, 0.3) is 0 Å². The van der Waals surface area contributed by atoms with Crippen LogP contribution in [0.15, 0.2) is 25.3 Å². The molecular formula is C22H37N3O4. The van der Waals surface area contributed by atoms with E-state index in [2.05, 4.69) is 23.8 Å². The topological polar surface area (TPSA) is 87.7 Å². The van der Waals surface area contributed by atoms with Crippen LogP contribution in [0.4, 0.5) is 4.79 Å². The van der Waals surface area contributed by atoms with Gasteiger partial charge in [-0.1, -0.05) is 32.6 Å². The summed E-state index contributed by atoms with van der Waals surface area (Å²) < 4.78 is 5.12. The van der Waals surface area contributed by atoms with Crippen molar-refractivity contribution in [2.45, 2.75) is 64.6 Å². The number of hydrogen-bond acceptors (Lipinski definition) is 6. The predicted octanol–water partition coefficient (Wildman–Crippen LogP) is 2.47. The van der Waals surface area contributed by atoms with Gasteiger partial charge in [0.2, 0.25) is 0 Å². The highest BCUT2D eigenvalue weighted by Crippen LogP contribution is 2.25. The Labute approximate surface area is 174 Å². The highest BCUT2D eigenvalue weighted by molar-refractivity contribution is 5.94. The van der Waals surface area contributed by atoms with Crippen molar-refractivity contribution in [2.24, 2.45) is 5.92 Å². The largest absolute Gasteiger partial charge is 0.445 e. The summed E-state index contributed by atoms with van der Waals surface area (Å²) in [6, 6.07) is 0.0555. The summed E-state index contributed by atoms with van der Waals surface area (Å²) in [7, 11) is 0. The number of amides is 1. The lowest BCUT2D eigenvalue weighted by Crippen LogP contribution is -2.61. The van der Waals surface area contributed by atoms with E-state index in [1.165, 1.54) is 6.08 Å². The van der Waals surface area contributed by atoms with E-state index in [1.54, 1.807) is 17.9 Å². The second-order valence-electron chi connectivity index (χ2n) is 8.54. The van der Waals surface area contributed by atoms with Gasteiger partial charge in [-0.25, -0.2) is 4.79 Å². The van der Waals surface area contributed by atoms with Crippen LogP contribution < -0.4 is 10.6 Å². The third-order valence-electron chi connectivity index (χ3n) is 5.21. The van der Waals surface area contributed by atoms with Crippen LogP contribution in [0.5, 0.6) is 0 Å². The molecule has 7 heteroatoms. The predicted molar refractivity (Wildman–Crippen MR) is 115 cm³/mol. The fraction of sp³-hybridized carbons (Fsp3) is 0.682. The molecular weight excluding hydrogens is 370 g/mol. The molecule has 1 amide bonds. The maximum atomic E-state index is 13.3. The van der Waals surface area contributed by atoms with Gasteiger partial charge in [0.05, 0.1) is 17.6 Å². The Balaban J connectivity index is 2.94. The lowest BCUT2D eigenvalue weighted by Gasteiger charge is -2.34. The van der Waals surface area contributed by atoms with Gasteiger partial charge < -0.3 is 15.0 Å². The van der Waals surface area contributed by atoms with Crippen molar-refractivity contribution in [3.8, 4) is 0 Å². The normalized spacial score (nSPS) is 21.1. The number of carbonyl (C=O) groups excluding carboxylic acids is 3. The maximum absolute atomic E-state index is 13.3. The molecule has 164 valence electrons. The lowest BCUT2D eigenvalue weighted by molar-refractivity contribution is -0.129. The number of Topliss-reactive ketones (excluding diaryl/α,β-unsaturated/α-hetero) is 2. The van der Waals surface area contributed by atoms with Crippen LogP contribution in [0.1, 0.15) is 47.5 Å². The van der Waals surface area contributed by atoms with Crippen LogP contribution in [0, 0.1) is 5.92 Å². The molecule has 1 aliphatic rings. The average molecular weight is 408 g/mol. The lowest BCUT2D eigenvalue weighted by atomic mass is 9.85. The Morgan fingerprint density at radius 1 is 1.21 bits per heavy atom. The molecule has 0 aromatic rings. The fourth-order valence-corrected chi connectivity index (χ4v) is 3.80. The first-order valence-corrected chi connectivity index (χ1v) is 10.2. The quantitative estimate of drug-likeness (QED) is 0.483. The summed E-state index contributed by atoms with van der Waals surface area (Å²) in [6.45, 7) is 17.5. The van der Waals surface area contributed by atoms with Crippen molar-refractivity contribution >= 4 is 17.7 Å². The van der Waals surface area contributed by atoms with E-state index in [0.717, 1.165) is 0 Å². The maximum Gasteiger partial charge on any atom is 0.410 e. The molecule has 0 aromatic heterocycles. The number of hydrogen-bond donors (Lipinski definition) is 2. The van der Waals surface area contributed by atoms with Crippen LogP contribution in [-0.2, 0) is 14.3 Å². The second-order valence-corrected chi connectivity index (χ2v) is 8.54. The molecule has 1 heterocycles. The van der Waals surface area contributed by atoms with Gasteiger partial charge in [-0.05, 0) is 33.6 Å². The van der Waals surface area contributed by atoms with E-state index in [1.807, 2.05) is 27.7 Å². The minimum atomic E-state index is -0.871. The average Bonchev–Trinajstić information content (AvgIpc) is 3.08. The summed E-state index contributed by atoms with van der Waals surface area (Å²) in [6.07, 6.45) is 3.67. The van der Waals surface area contributed by atoms with E-state index >= 15 is 0 Å². The number of carbonyl (C=O) groups is 3. The van der Waals surface area contributed by atoms with Crippen LogP contribution >= 0.6 is 0 Å². The molecule has 2 N–H and O–H groups in total. The van der Waals surface area contributed by atoms with Gasteiger partial charge in [0, 0.05) is 25.0 Å². The van der Waals surface area contributed by atoms with Crippen molar-refractivity contribution in [1.29, 1.82) is 0 Å². The van der Waals surface area contributed by atoms with E-state index in [9.17, 15) is 14.4 Å². The zero-order valence-electron chi connectivity index (χ0n) is 18.5. The molecule has 1 rings (SSSR count). The van der Waals surface area contributed by atoms with Gasteiger partial charge in [-0.3, -0.25) is 14.9 Å². The first-order valence-electron chi connectivity index (χ1n) is 10.2. The Kier molecular flexibility index (Phi) is 9.23. The summed E-state index contributed by atoms with van der Waals surface area (Å²) in [4.78, 5) is 39.7. The number of nitrogens with zero attached hydrogens (tertiary/aromatic N) is 1. The van der Waals surface area contributed by atoms with Crippen molar-refractivity contribution in [2.75, 3.05) is 26.2 Å². The van der Waals surface area contributed by atoms with Crippen LogP contribution in [-0.4, -0.2) is 65.9 Å². The summed E-state index contributed by atoms with van der Waals surface area (Å²) >= 11 is 0. The Bertz CT molecular complexity index is 632. The van der Waals surface area contributed by atoms with Gasteiger partial charge in [0.15, 0.2) is 11.6 Å². The van der Waals surface area contributed by atoms with Gasteiger partial charge in [0.1, 0.15) is 6.61 Å². The first kappa shape index (κ1) is 25.0. The first-order chi connectivity index (χ1) is 13.5. The highest BCUT2D eigenvalue weighted by atomic mass is 16.6. The number of likely N-dealkylation sites (tertiary alicyclic amines) is 1. The van der Waals surface area contributed by atoms with Gasteiger partial charge in [0.25, 0.3) is 0 Å². The number of ether oxygens (including phenoxy) is 1. The molecule has 2 unspecified atom stereocenters. The molecule has 1 saturated heterocycles. The third-order valence-corrected chi connectivity index (χ3v) is 5.21. The van der Waals surface area contributed by atoms with Crippen LogP contribution in [0.2, 0.25) is 0 Å². The van der Waals surface area contributed by atoms with Crippen molar-refractivity contribution in [1.82, 2.24) is 15.5 Å². The zero-order valence-corrected chi connectivity index (χ0v) is 18.5. The third kappa shape index (κ3) is 6.51. The minimum Gasteiger partial charge on any atom is -0.445 e.